The standard InChI is InChI=1S/C7H14N2O3S/c1-9(13(8,11)12)6-2-4-7(10)5-3-6/h6H,2-5H2,1H3,(H2,8,11,12). The first-order chi connectivity index (χ1) is 5.91. The maximum Gasteiger partial charge on any atom is 0.276 e. The quantitative estimate of drug-likeness (QED) is 0.669. The van der Waals surface area contributed by atoms with Gasteiger partial charge in [0.15, 0.2) is 0 Å². The van der Waals surface area contributed by atoms with Crippen molar-refractivity contribution in [1.82, 2.24) is 4.31 Å². The fraction of sp³-hybridized carbons (Fsp3) is 0.857. The van der Waals surface area contributed by atoms with Gasteiger partial charge in [0.2, 0.25) is 0 Å². The first kappa shape index (κ1) is 10.6. The second-order valence-electron chi connectivity index (χ2n) is 3.33. The minimum absolute atomic E-state index is 0.104. The maximum atomic E-state index is 10.9. The van der Waals surface area contributed by atoms with Crippen molar-refractivity contribution in [2.45, 2.75) is 31.7 Å². The van der Waals surface area contributed by atoms with E-state index in [1.165, 1.54) is 7.05 Å². The van der Waals surface area contributed by atoms with Gasteiger partial charge in [-0.15, -0.1) is 0 Å². The van der Waals surface area contributed by atoms with E-state index in [2.05, 4.69) is 0 Å². The summed E-state index contributed by atoms with van der Waals surface area (Å²) >= 11 is 0. The number of carbonyl (C=O) groups is 1. The van der Waals surface area contributed by atoms with Crippen molar-refractivity contribution in [1.29, 1.82) is 0 Å². The minimum Gasteiger partial charge on any atom is -0.300 e. The Labute approximate surface area is 78.1 Å². The first-order valence-electron chi connectivity index (χ1n) is 4.18. The molecule has 76 valence electrons. The van der Waals surface area contributed by atoms with E-state index in [0.717, 1.165) is 4.31 Å². The Balaban J connectivity index is 2.59. The summed E-state index contributed by atoms with van der Waals surface area (Å²) < 4.78 is 23.0. The van der Waals surface area contributed by atoms with Crippen LogP contribution in [0.4, 0.5) is 0 Å². The normalized spacial score (nSPS) is 21.0. The van der Waals surface area contributed by atoms with E-state index in [9.17, 15) is 13.2 Å². The van der Waals surface area contributed by atoms with Crippen molar-refractivity contribution < 1.29 is 13.2 Å². The van der Waals surface area contributed by atoms with Gasteiger partial charge in [0.25, 0.3) is 10.2 Å². The van der Waals surface area contributed by atoms with Gasteiger partial charge in [0.1, 0.15) is 5.78 Å². The van der Waals surface area contributed by atoms with E-state index in [0.29, 0.717) is 25.7 Å². The summed E-state index contributed by atoms with van der Waals surface area (Å²) in [7, 11) is -2.14. The maximum absolute atomic E-state index is 10.9. The highest BCUT2D eigenvalue weighted by molar-refractivity contribution is 7.86. The van der Waals surface area contributed by atoms with Gasteiger partial charge < -0.3 is 0 Å². The molecule has 1 aliphatic carbocycles. The van der Waals surface area contributed by atoms with Crippen LogP contribution in [0.25, 0.3) is 0 Å². The average Bonchev–Trinajstić information content (AvgIpc) is 2.03. The van der Waals surface area contributed by atoms with Crippen LogP contribution in [0.5, 0.6) is 0 Å². The molecule has 0 aromatic rings. The van der Waals surface area contributed by atoms with Gasteiger partial charge in [-0.25, -0.2) is 5.14 Å². The summed E-state index contributed by atoms with van der Waals surface area (Å²) in [6, 6.07) is -0.104. The molecule has 1 aliphatic rings. The van der Waals surface area contributed by atoms with Crippen molar-refractivity contribution >= 4 is 16.0 Å². The van der Waals surface area contributed by atoms with E-state index in [1.807, 2.05) is 0 Å². The fourth-order valence-corrected chi connectivity index (χ4v) is 2.12. The Hall–Kier alpha value is -0.460. The van der Waals surface area contributed by atoms with E-state index < -0.39 is 10.2 Å². The lowest BCUT2D eigenvalue weighted by Gasteiger charge is -2.28. The fourth-order valence-electron chi connectivity index (χ4n) is 1.50. The summed E-state index contributed by atoms with van der Waals surface area (Å²) in [6.45, 7) is 0. The van der Waals surface area contributed by atoms with E-state index in [-0.39, 0.29) is 11.8 Å². The molecule has 13 heavy (non-hydrogen) atoms. The molecule has 0 bridgehead atoms. The molecule has 0 aliphatic heterocycles. The lowest BCUT2D eigenvalue weighted by molar-refractivity contribution is -0.120. The lowest BCUT2D eigenvalue weighted by Crippen LogP contribution is -2.43. The van der Waals surface area contributed by atoms with Gasteiger partial charge in [-0.05, 0) is 12.8 Å². The molecule has 0 radical (unpaired) electrons. The van der Waals surface area contributed by atoms with Crippen molar-refractivity contribution in [3.63, 3.8) is 0 Å². The third-order valence-corrected chi connectivity index (χ3v) is 3.53. The molecular weight excluding hydrogens is 192 g/mol. The molecular formula is C7H14N2O3S. The van der Waals surface area contributed by atoms with Crippen LogP contribution in [-0.2, 0) is 15.0 Å². The highest BCUT2D eigenvalue weighted by Crippen LogP contribution is 2.20. The summed E-state index contributed by atoms with van der Waals surface area (Å²) in [5.41, 5.74) is 0. The van der Waals surface area contributed by atoms with E-state index in [4.69, 9.17) is 5.14 Å². The Morgan fingerprint density at radius 2 is 1.85 bits per heavy atom. The monoisotopic (exact) mass is 206 g/mol. The van der Waals surface area contributed by atoms with Crippen LogP contribution in [-0.4, -0.2) is 31.6 Å². The molecule has 1 saturated carbocycles. The molecule has 5 nitrogen and oxygen atoms in total. The number of Topliss-reactive ketones (excluding diaryl/α,β-unsaturated/α-hetero) is 1. The van der Waals surface area contributed by atoms with Gasteiger partial charge in [0, 0.05) is 25.9 Å². The molecule has 0 spiro atoms. The lowest BCUT2D eigenvalue weighted by atomic mass is 9.95. The summed E-state index contributed by atoms with van der Waals surface area (Å²) in [5.74, 6) is 0.207. The second-order valence-corrected chi connectivity index (χ2v) is 4.94. The Morgan fingerprint density at radius 1 is 1.38 bits per heavy atom. The molecule has 0 saturated heterocycles. The highest BCUT2D eigenvalue weighted by Gasteiger charge is 2.27. The molecule has 0 aromatic carbocycles. The molecule has 2 N–H and O–H groups in total. The third-order valence-electron chi connectivity index (χ3n) is 2.43. The van der Waals surface area contributed by atoms with Gasteiger partial charge in [-0.1, -0.05) is 0 Å². The number of rotatable bonds is 2. The summed E-state index contributed by atoms with van der Waals surface area (Å²) in [5, 5.41) is 4.96. The van der Waals surface area contributed by atoms with Crippen LogP contribution >= 0.6 is 0 Å². The number of ketones is 1. The zero-order valence-corrected chi connectivity index (χ0v) is 8.38. The highest BCUT2D eigenvalue weighted by atomic mass is 32.2. The summed E-state index contributed by atoms with van der Waals surface area (Å²) in [4.78, 5) is 10.9. The average molecular weight is 206 g/mol. The zero-order valence-electron chi connectivity index (χ0n) is 7.56. The second kappa shape index (κ2) is 3.73. The number of hydrogen-bond donors (Lipinski definition) is 1. The van der Waals surface area contributed by atoms with Gasteiger partial charge in [-0.3, -0.25) is 4.79 Å². The number of carbonyl (C=O) groups excluding carboxylic acids is 1. The molecule has 0 unspecified atom stereocenters. The van der Waals surface area contributed by atoms with Gasteiger partial charge in [0.05, 0.1) is 0 Å². The van der Waals surface area contributed by atoms with E-state index >= 15 is 0 Å². The van der Waals surface area contributed by atoms with Crippen molar-refractivity contribution in [2.24, 2.45) is 5.14 Å². The van der Waals surface area contributed by atoms with Gasteiger partial charge in [-0.2, -0.15) is 12.7 Å². The smallest absolute Gasteiger partial charge is 0.276 e. The topological polar surface area (TPSA) is 80.5 Å². The molecule has 0 atom stereocenters. The largest absolute Gasteiger partial charge is 0.300 e. The summed E-state index contributed by atoms with van der Waals surface area (Å²) in [6.07, 6.45) is 2.10. The van der Waals surface area contributed by atoms with Crippen LogP contribution in [0.2, 0.25) is 0 Å². The number of hydrogen-bond acceptors (Lipinski definition) is 3. The minimum atomic E-state index is -3.60. The van der Waals surface area contributed by atoms with Crippen LogP contribution in [0.1, 0.15) is 25.7 Å². The molecule has 6 heteroatoms. The van der Waals surface area contributed by atoms with Crippen molar-refractivity contribution in [2.75, 3.05) is 7.05 Å². The first-order valence-corrected chi connectivity index (χ1v) is 5.69. The zero-order chi connectivity index (χ0) is 10.1. The number of nitrogens with zero attached hydrogens (tertiary/aromatic N) is 1. The predicted molar refractivity (Wildman–Crippen MR) is 48.1 cm³/mol. The molecule has 0 heterocycles. The molecule has 0 aromatic heterocycles. The Bertz CT molecular complexity index is 289. The number of nitrogens with two attached hydrogens (primary N) is 1. The van der Waals surface area contributed by atoms with E-state index in [1.54, 1.807) is 0 Å². The van der Waals surface area contributed by atoms with Crippen molar-refractivity contribution in [3.05, 3.63) is 0 Å². The van der Waals surface area contributed by atoms with Crippen LogP contribution < -0.4 is 5.14 Å². The Kier molecular flexibility index (Phi) is 3.05. The van der Waals surface area contributed by atoms with Crippen molar-refractivity contribution in [3.8, 4) is 0 Å². The SMILES string of the molecule is CN(C1CCC(=O)CC1)S(N)(=O)=O. The predicted octanol–water partition coefficient (Wildman–Crippen LogP) is -0.367. The van der Waals surface area contributed by atoms with Crippen LogP contribution in [0, 0.1) is 0 Å². The van der Waals surface area contributed by atoms with Gasteiger partial charge >= 0.3 is 0 Å². The Morgan fingerprint density at radius 3 is 2.23 bits per heavy atom. The molecule has 1 fully saturated rings. The van der Waals surface area contributed by atoms with Crippen LogP contribution in [0.3, 0.4) is 0 Å². The van der Waals surface area contributed by atoms with Crippen LogP contribution in [0.15, 0.2) is 0 Å². The molecule has 1 rings (SSSR count). The molecule has 0 amide bonds. The third kappa shape index (κ3) is 2.75.